The minimum Gasteiger partial charge on any atom is -0.383 e. The van der Waals surface area contributed by atoms with Gasteiger partial charge in [-0.05, 0) is 48.6 Å². The first-order valence-corrected chi connectivity index (χ1v) is 9.91. The maximum atomic E-state index is 12.3. The highest BCUT2D eigenvalue weighted by atomic mass is 16.3. The van der Waals surface area contributed by atoms with Gasteiger partial charge in [0, 0.05) is 34.1 Å². The van der Waals surface area contributed by atoms with Crippen LogP contribution in [0, 0.1) is 30.1 Å². The van der Waals surface area contributed by atoms with Crippen molar-refractivity contribution in [1.82, 2.24) is 9.97 Å². The third kappa shape index (κ3) is 3.16. The van der Waals surface area contributed by atoms with Gasteiger partial charge < -0.3 is 21.5 Å². The summed E-state index contributed by atoms with van der Waals surface area (Å²) in [7, 11) is 0. The van der Waals surface area contributed by atoms with E-state index in [4.69, 9.17) is 11.0 Å². The molecule has 1 aromatic carbocycles. The van der Waals surface area contributed by atoms with E-state index in [1.807, 2.05) is 25.1 Å². The number of aliphatic hydroxyl groups excluding tert-OH is 1. The number of pyridine rings is 2. The van der Waals surface area contributed by atoms with Gasteiger partial charge in [0.1, 0.15) is 17.7 Å². The van der Waals surface area contributed by atoms with Gasteiger partial charge in [0.05, 0.1) is 23.6 Å². The first-order valence-electron chi connectivity index (χ1n) is 9.91. The minimum absolute atomic E-state index is 0.197. The molecule has 1 amide bonds. The van der Waals surface area contributed by atoms with Gasteiger partial charge >= 0.3 is 0 Å². The number of nitrogens with one attached hydrogen (secondary N) is 2. The molecule has 8 nitrogen and oxygen atoms in total. The lowest BCUT2D eigenvalue weighted by Gasteiger charge is -2.12. The number of nitriles is 1. The highest BCUT2D eigenvalue weighted by Gasteiger charge is 2.43. The zero-order valence-electron chi connectivity index (χ0n) is 16.8. The molecule has 0 spiro atoms. The Hall–Kier alpha value is -3.96. The number of nitrogen functional groups attached to an aromatic ring is 1. The van der Waals surface area contributed by atoms with Crippen molar-refractivity contribution in [3.05, 3.63) is 53.9 Å². The Kier molecular flexibility index (Phi) is 4.17. The lowest BCUT2D eigenvalue weighted by atomic mass is 9.98. The van der Waals surface area contributed by atoms with E-state index in [9.17, 15) is 9.90 Å². The second-order valence-electron chi connectivity index (χ2n) is 8.06. The Bertz CT molecular complexity index is 1330. The van der Waals surface area contributed by atoms with Crippen LogP contribution in [-0.2, 0) is 4.79 Å². The van der Waals surface area contributed by atoms with E-state index in [-0.39, 0.29) is 17.7 Å². The lowest BCUT2D eigenvalue weighted by Crippen LogP contribution is -2.15. The van der Waals surface area contributed by atoms with Gasteiger partial charge in [-0.1, -0.05) is 6.58 Å². The Morgan fingerprint density at radius 2 is 2.19 bits per heavy atom. The fraction of sp³-hybridized carbons (Fsp3) is 0.217. The smallest absolute Gasteiger partial charge is 0.230 e. The third-order valence-electron chi connectivity index (χ3n) is 5.88. The van der Waals surface area contributed by atoms with E-state index in [1.54, 1.807) is 12.3 Å². The van der Waals surface area contributed by atoms with E-state index in [0.717, 1.165) is 27.8 Å². The molecular weight excluding hydrogens is 392 g/mol. The lowest BCUT2D eigenvalue weighted by molar-refractivity contribution is -0.117. The number of anilines is 3. The van der Waals surface area contributed by atoms with Crippen LogP contribution in [0.4, 0.5) is 17.3 Å². The molecule has 1 saturated carbocycles. The van der Waals surface area contributed by atoms with Crippen LogP contribution < -0.4 is 16.4 Å². The Balaban J connectivity index is 1.53. The molecule has 0 radical (unpaired) electrons. The Labute approximate surface area is 178 Å². The van der Waals surface area contributed by atoms with Crippen LogP contribution >= 0.6 is 0 Å². The maximum absolute atomic E-state index is 12.3. The summed E-state index contributed by atoms with van der Waals surface area (Å²) in [4.78, 5) is 21.1. The summed E-state index contributed by atoms with van der Waals surface area (Å²) in [6.45, 7) is 5.81. The van der Waals surface area contributed by atoms with Crippen molar-refractivity contribution < 1.29 is 9.90 Å². The normalized spacial score (nSPS) is 21.3. The largest absolute Gasteiger partial charge is 0.383 e. The van der Waals surface area contributed by atoms with Crippen LogP contribution in [0.5, 0.6) is 0 Å². The predicted molar refractivity (Wildman–Crippen MR) is 118 cm³/mol. The van der Waals surface area contributed by atoms with Crippen LogP contribution in [0.3, 0.4) is 0 Å². The number of nitrogens with zero attached hydrogens (tertiary/aromatic N) is 3. The molecule has 1 aliphatic carbocycles. The first-order chi connectivity index (χ1) is 14.9. The number of rotatable bonds is 3. The molecular formula is C23H20N6O2. The Morgan fingerprint density at radius 3 is 2.94 bits per heavy atom. The van der Waals surface area contributed by atoms with E-state index in [2.05, 4.69) is 33.2 Å². The molecule has 1 fully saturated rings. The number of aryl methyl sites for hydroxylation is 1. The van der Waals surface area contributed by atoms with Gasteiger partial charge in [-0.3, -0.25) is 4.79 Å². The van der Waals surface area contributed by atoms with Gasteiger partial charge in [0.25, 0.3) is 0 Å². The molecule has 31 heavy (non-hydrogen) atoms. The fourth-order valence-corrected chi connectivity index (χ4v) is 3.99. The number of hydrogen-bond donors (Lipinski definition) is 4. The summed E-state index contributed by atoms with van der Waals surface area (Å²) in [6, 6.07) is 9.60. The van der Waals surface area contributed by atoms with Crippen molar-refractivity contribution in [2.45, 2.75) is 19.4 Å². The molecule has 0 saturated heterocycles. The van der Waals surface area contributed by atoms with Crippen molar-refractivity contribution in [2.75, 3.05) is 16.4 Å². The average molecular weight is 412 g/mol. The quantitative estimate of drug-likeness (QED) is 0.518. The van der Waals surface area contributed by atoms with E-state index in [1.165, 1.54) is 0 Å². The van der Waals surface area contributed by atoms with Crippen molar-refractivity contribution in [1.29, 1.82) is 5.26 Å². The molecule has 1 aliphatic heterocycles. The van der Waals surface area contributed by atoms with Crippen LogP contribution in [0.15, 0.2) is 42.7 Å². The summed E-state index contributed by atoms with van der Waals surface area (Å²) < 4.78 is 0. The Morgan fingerprint density at radius 1 is 1.39 bits per heavy atom. The first kappa shape index (κ1) is 19.0. The van der Waals surface area contributed by atoms with E-state index in [0.29, 0.717) is 34.8 Å². The molecule has 2 aromatic heterocycles. The molecule has 2 aliphatic rings. The number of hydrogen-bond acceptors (Lipinski definition) is 7. The summed E-state index contributed by atoms with van der Waals surface area (Å²) >= 11 is 0. The molecule has 3 heterocycles. The zero-order chi connectivity index (χ0) is 21.9. The van der Waals surface area contributed by atoms with Crippen molar-refractivity contribution in [3.8, 4) is 17.3 Å². The second kappa shape index (κ2) is 6.79. The molecule has 1 unspecified atom stereocenters. The summed E-state index contributed by atoms with van der Waals surface area (Å²) in [5.41, 5.74) is 10.8. The SMILES string of the molecule is C=C1Nc2cc(C)c(-c3cc4cc(NC(=O)[C@H]5C[C@@H]5C#N)ncc4c(N)n3)cc2C1O. The molecule has 5 rings (SSSR count). The van der Waals surface area contributed by atoms with Crippen molar-refractivity contribution in [2.24, 2.45) is 11.8 Å². The predicted octanol–water partition coefficient (Wildman–Crippen LogP) is 3.26. The van der Waals surface area contributed by atoms with E-state index < -0.39 is 6.10 Å². The number of nitrogens with two attached hydrogens (primary N) is 1. The van der Waals surface area contributed by atoms with Gasteiger partial charge in [0.2, 0.25) is 5.91 Å². The molecule has 154 valence electrons. The summed E-state index contributed by atoms with van der Waals surface area (Å²) in [5, 5.41) is 26.6. The van der Waals surface area contributed by atoms with Crippen molar-refractivity contribution in [3.63, 3.8) is 0 Å². The molecule has 5 N–H and O–H groups in total. The number of carbonyl (C=O) groups is 1. The number of carbonyl (C=O) groups excluding carboxylic acids is 1. The van der Waals surface area contributed by atoms with Crippen LogP contribution in [0.25, 0.3) is 22.0 Å². The fourth-order valence-electron chi connectivity index (χ4n) is 3.99. The van der Waals surface area contributed by atoms with Gasteiger partial charge in [-0.25, -0.2) is 9.97 Å². The average Bonchev–Trinajstić information content (AvgIpc) is 3.48. The molecule has 0 bridgehead atoms. The molecule has 3 aromatic rings. The standard InChI is InChI=1S/C23H20N6O2/c1-10-3-18-16(21(30)11(2)27-18)7-14(10)19-5-12-6-20(26-9-17(12)22(25)28-19)29-23(31)15-4-13(15)8-24/h3,5-7,9,13,15,21,27,30H,2,4H2,1H3,(H2,25,28)(H,26,29,31)/t13-,15+,21?/m1/s1. The van der Waals surface area contributed by atoms with Crippen LogP contribution in [0.1, 0.15) is 23.7 Å². The number of amides is 1. The highest BCUT2D eigenvalue weighted by molar-refractivity contribution is 5.98. The molecule has 8 heteroatoms. The van der Waals surface area contributed by atoms with Crippen LogP contribution in [0.2, 0.25) is 0 Å². The number of fused-ring (bicyclic) bond motifs is 2. The van der Waals surface area contributed by atoms with Gasteiger partial charge in [-0.15, -0.1) is 0 Å². The molecule has 3 atom stereocenters. The summed E-state index contributed by atoms with van der Waals surface area (Å²) in [6.07, 6.45) is 1.39. The maximum Gasteiger partial charge on any atom is 0.230 e. The topological polar surface area (TPSA) is 137 Å². The van der Waals surface area contributed by atoms with Crippen LogP contribution in [-0.4, -0.2) is 21.0 Å². The second-order valence-corrected chi connectivity index (χ2v) is 8.06. The summed E-state index contributed by atoms with van der Waals surface area (Å²) in [5.74, 6) is 0.0451. The third-order valence-corrected chi connectivity index (χ3v) is 5.88. The van der Waals surface area contributed by atoms with Gasteiger partial charge in [-0.2, -0.15) is 5.26 Å². The minimum atomic E-state index is -0.780. The number of aliphatic hydroxyl groups is 1. The van der Waals surface area contributed by atoms with E-state index >= 15 is 0 Å². The zero-order valence-corrected chi connectivity index (χ0v) is 16.8. The monoisotopic (exact) mass is 412 g/mol. The van der Waals surface area contributed by atoms with Crippen molar-refractivity contribution >= 4 is 34.0 Å². The number of aromatic nitrogens is 2. The highest BCUT2D eigenvalue weighted by Crippen LogP contribution is 2.41. The number of benzene rings is 1. The van der Waals surface area contributed by atoms with Gasteiger partial charge in [0.15, 0.2) is 0 Å².